The Hall–Kier alpha value is -1.36. The van der Waals surface area contributed by atoms with Crippen LogP contribution in [0.3, 0.4) is 0 Å². The average Bonchev–Trinajstić information content (AvgIpc) is 2.48. The zero-order valence-corrected chi connectivity index (χ0v) is 8.65. The van der Waals surface area contributed by atoms with Gasteiger partial charge in [0.25, 0.3) is 0 Å². The van der Waals surface area contributed by atoms with Crippen molar-refractivity contribution in [3.63, 3.8) is 0 Å². The molecule has 5 heteroatoms. The molecule has 0 radical (unpaired) electrons. The van der Waals surface area contributed by atoms with E-state index in [1.54, 1.807) is 6.20 Å². The largest absolute Gasteiger partial charge is 0.544 e. The number of aliphatic carboxylic acids is 1. The highest BCUT2D eigenvalue weighted by molar-refractivity contribution is 5.70. The number of carbonyl (C=O) groups is 1. The minimum Gasteiger partial charge on any atom is -0.544 e. The average molecular weight is 197 g/mol. The number of aromatic nitrogens is 2. The van der Waals surface area contributed by atoms with E-state index in [0.29, 0.717) is 10.9 Å². The van der Waals surface area contributed by atoms with Crippen LogP contribution in [0.2, 0.25) is 0 Å². The second-order valence-electron chi connectivity index (χ2n) is 4.22. The normalized spacial score (nSPS) is 13.9. The van der Waals surface area contributed by atoms with Crippen molar-refractivity contribution < 1.29 is 14.4 Å². The fourth-order valence-corrected chi connectivity index (χ4v) is 1.27. The van der Waals surface area contributed by atoms with Crippen LogP contribution in [0.15, 0.2) is 12.5 Å². The lowest BCUT2D eigenvalue weighted by Gasteiger charge is -2.34. The summed E-state index contributed by atoms with van der Waals surface area (Å²) in [5.41, 5.74) is 0.743. The van der Waals surface area contributed by atoms with Crippen molar-refractivity contribution in [1.29, 1.82) is 0 Å². The molecular formula is C9H15N3O2. The summed E-state index contributed by atoms with van der Waals surface area (Å²) in [4.78, 5) is 17.7. The Morgan fingerprint density at radius 3 is 2.64 bits per heavy atom. The number of hydrogen-bond donors (Lipinski definition) is 1. The van der Waals surface area contributed by atoms with Gasteiger partial charge in [0.15, 0.2) is 0 Å². The van der Waals surface area contributed by atoms with Crippen LogP contribution in [0.1, 0.15) is 5.69 Å². The van der Waals surface area contributed by atoms with E-state index in [1.165, 1.54) is 6.33 Å². The molecule has 0 amide bonds. The van der Waals surface area contributed by atoms with Gasteiger partial charge in [-0.25, -0.2) is 4.98 Å². The number of nitrogens with zero attached hydrogens (tertiary/aromatic N) is 2. The zero-order chi connectivity index (χ0) is 10.8. The number of nitrogens with one attached hydrogen (secondary N) is 1. The summed E-state index contributed by atoms with van der Waals surface area (Å²) < 4.78 is 0.329. The molecule has 1 aromatic rings. The van der Waals surface area contributed by atoms with Crippen LogP contribution in [0.25, 0.3) is 0 Å². The molecule has 1 rings (SSSR count). The number of imidazole rings is 1. The van der Waals surface area contributed by atoms with Crippen molar-refractivity contribution in [2.24, 2.45) is 0 Å². The molecular weight excluding hydrogens is 182 g/mol. The number of aromatic amines is 1. The lowest BCUT2D eigenvalue weighted by molar-refractivity contribution is -0.889. The molecule has 1 unspecified atom stereocenters. The van der Waals surface area contributed by atoms with E-state index in [1.807, 2.05) is 21.1 Å². The Labute approximate surface area is 83.0 Å². The Morgan fingerprint density at radius 2 is 2.29 bits per heavy atom. The lowest BCUT2D eigenvalue weighted by atomic mass is 10.1. The molecule has 0 saturated carbocycles. The highest BCUT2D eigenvalue weighted by Gasteiger charge is 2.25. The Kier molecular flexibility index (Phi) is 2.90. The third-order valence-corrected chi connectivity index (χ3v) is 2.16. The second-order valence-corrected chi connectivity index (χ2v) is 4.22. The van der Waals surface area contributed by atoms with Gasteiger partial charge in [-0.05, 0) is 0 Å². The highest BCUT2D eigenvalue weighted by Crippen LogP contribution is 2.08. The van der Waals surface area contributed by atoms with Crippen LogP contribution >= 0.6 is 0 Å². The summed E-state index contributed by atoms with van der Waals surface area (Å²) >= 11 is 0. The number of likely N-dealkylation sites (N-methyl/N-ethyl adjacent to an activating group) is 1. The van der Waals surface area contributed by atoms with Crippen molar-refractivity contribution in [3.05, 3.63) is 18.2 Å². The number of carboxylic acids is 1. The molecule has 0 aliphatic carbocycles. The smallest absolute Gasteiger partial charge is 0.134 e. The molecule has 1 heterocycles. The van der Waals surface area contributed by atoms with Crippen molar-refractivity contribution >= 4 is 5.97 Å². The van der Waals surface area contributed by atoms with Crippen LogP contribution in [-0.2, 0) is 11.2 Å². The first-order valence-electron chi connectivity index (χ1n) is 4.41. The van der Waals surface area contributed by atoms with Crippen molar-refractivity contribution in [2.75, 3.05) is 21.1 Å². The molecule has 1 aromatic heterocycles. The first-order chi connectivity index (χ1) is 6.41. The molecule has 0 spiro atoms. The van der Waals surface area contributed by atoms with Crippen LogP contribution in [0, 0.1) is 0 Å². The van der Waals surface area contributed by atoms with E-state index < -0.39 is 12.0 Å². The highest BCUT2D eigenvalue weighted by atomic mass is 16.4. The molecule has 0 aliphatic heterocycles. The number of quaternary nitrogens is 1. The van der Waals surface area contributed by atoms with Gasteiger partial charge in [-0.2, -0.15) is 0 Å². The van der Waals surface area contributed by atoms with E-state index in [4.69, 9.17) is 0 Å². The quantitative estimate of drug-likeness (QED) is 0.615. The third kappa shape index (κ3) is 2.56. The van der Waals surface area contributed by atoms with Gasteiger partial charge in [0.05, 0.1) is 39.1 Å². The van der Waals surface area contributed by atoms with E-state index in [0.717, 1.165) is 5.69 Å². The minimum absolute atomic E-state index is 0.329. The predicted octanol–water partition coefficient (Wildman–Crippen LogP) is -1.22. The summed E-state index contributed by atoms with van der Waals surface area (Å²) in [6.07, 6.45) is 3.62. The Bertz CT molecular complexity index is 300. The molecule has 5 nitrogen and oxygen atoms in total. The van der Waals surface area contributed by atoms with E-state index in [2.05, 4.69) is 9.97 Å². The maximum atomic E-state index is 10.9. The van der Waals surface area contributed by atoms with E-state index in [-0.39, 0.29) is 0 Å². The van der Waals surface area contributed by atoms with Crippen LogP contribution in [-0.4, -0.2) is 47.6 Å². The third-order valence-electron chi connectivity index (χ3n) is 2.16. The standard InChI is InChI=1S/C9H15N3O2/c1-12(2,3)8(9(13)14)4-7-5-10-6-11-7/h5-6,8H,4H2,1-3H3,(H-,10,11,13,14). The van der Waals surface area contributed by atoms with Gasteiger partial charge in [-0.15, -0.1) is 0 Å². The van der Waals surface area contributed by atoms with Gasteiger partial charge in [-0.3, -0.25) is 0 Å². The van der Waals surface area contributed by atoms with Gasteiger partial charge in [-0.1, -0.05) is 0 Å². The number of rotatable bonds is 4. The second kappa shape index (κ2) is 3.79. The molecule has 1 N–H and O–H groups in total. The summed E-state index contributed by atoms with van der Waals surface area (Å²) in [5, 5.41) is 10.9. The molecule has 0 saturated heterocycles. The van der Waals surface area contributed by atoms with Gasteiger partial charge >= 0.3 is 0 Å². The molecule has 0 fully saturated rings. The summed E-state index contributed by atoms with van der Waals surface area (Å²) in [6.45, 7) is 0. The lowest BCUT2D eigenvalue weighted by Crippen LogP contribution is -2.55. The predicted molar refractivity (Wildman–Crippen MR) is 49.1 cm³/mol. The fourth-order valence-electron chi connectivity index (χ4n) is 1.27. The first kappa shape index (κ1) is 10.7. The van der Waals surface area contributed by atoms with Crippen LogP contribution < -0.4 is 5.11 Å². The summed E-state index contributed by atoms with van der Waals surface area (Å²) in [5.74, 6) is -1.04. The van der Waals surface area contributed by atoms with Crippen molar-refractivity contribution in [1.82, 2.24) is 9.97 Å². The van der Waals surface area contributed by atoms with E-state index >= 15 is 0 Å². The van der Waals surface area contributed by atoms with Crippen molar-refractivity contribution in [3.8, 4) is 0 Å². The number of hydrogen-bond acceptors (Lipinski definition) is 3. The van der Waals surface area contributed by atoms with Crippen LogP contribution in [0.4, 0.5) is 0 Å². The zero-order valence-electron chi connectivity index (χ0n) is 8.65. The molecule has 78 valence electrons. The Morgan fingerprint density at radius 1 is 1.64 bits per heavy atom. The summed E-state index contributed by atoms with van der Waals surface area (Å²) in [7, 11) is 5.48. The number of H-pyrrole nitrogens is 1. The van der Waals surface area contributed by atoms with Gasteiger partial charge in [0, 0.05) is 12.6 Å². The minimum atomic E-state index is -1.04. The molecule has 0 aromatic carbocycles. The maximum absolute atomic E-state index is 10.9. The molecule has 14 heavy (non-hydrogen) atoms. The number of carbonyl (C=O) groups excluding carboxylic acids is 1. The van der Waals surface area contributed by atoms with Crippen molar-refractivity contribution in [2.45, 2.75) is 12.5 Å². The fraction of sp³-hybridized carbons (Fsp3) is 0.556. The first-order valence-corrected chi connectivity index (χ1v) is 4.41. The SMILES string of the molecule is C[N+](C)(C)C(Cc1c[nH]cn1)C(=O)[O-]. The summed E-state index contributed by atoms with van der Waals surface area (Å²) in [6, 6.07) is -0.571. The molecule has 1 atom stereocenters. The van der Waals surface area contributed by atoms with Gasteiger partial charge in [0.2, 0.25) is 0 Å². The topological polar surface area (TPSA) is 68.8 Å². The Balaban J connectivity index is 2.76. The maximum Gasteiger partial charge on any atom is 0.134 e. The number of carboxylic acid groups (broad SMARTS) is 1. The van der Waals surface area contributed by atoms with Crippen LogP contribution in [0.5, 0.6) is 0 Å². The van der Waals surface area contributed by atoms with Gasteiger partial charge in [0.1, 0.15) is 6.04 Å². The monoisotopic (exact) mass is 197 g/mol. The molecule has 0 aliphatic rings. The molecule has 0 bridgehead atoms. The van der Waals surface area contributed by atoms with E-state index in [9.17, 15) is 9.90 Å². The van der Waals surface area contributed by atoms with Gasteiger partial charge < -0.3 is 19.4 Å².